The van der Waals surface area contributed by atoms with Crippen molar-refractivity contribution in [1.29, 1.82) is 0 Å². The number of nitrogens with zero attached hydrogens (tertiary/aromatic N) is 1. The zero-order valence-corrected chi connectivity index (χ0v) is 10.8. The second-order valence-electron chi connectivity index (χ2n) is 3.00. The molecular weight excluding hydrogens is 284 g/mol. The van der Waals surface area contributed by atoms with Crippen LogP contribution in [0.25, 0.3) is 0 Å². The van der Waals surface area contributed by atoms with E-state index in [0.717, 1.165) is 0 Å². The van der Waals surface area contributed by atoms with Gasteiger partial charge in [0, 0.05) is 11.0 Å². The van der Waals surface area contributed by atoms with Crippen molar-refractivity contribution >= 4 is 26.0 Å². The largest absolute Gasteiger partial charge is 0.360 e. The van der Waals surface area contributed by atoms with Gasteiger partial charge >= 0.3 is 0 Å². The highest BCUT2D eigenvalue weighted by atomic mass is 79.9. The van der Waals surface area contributed by atoms with E-state index in [2.05, 4.69) is 32.4 Å². The SMILES string of the molecule is C=C(Br)CNS(=O)(=O)c1c(C)noc1C. The summed E-state index contributed by atoms with van der Waals surface area (Å²) in [6.07, 6.45) is 0. The Bertz CT molecular complexity index is 459. The molecule has 0 saturated heterocycles. The Hall–Kier alpha value is -0.660. The van der Waals surface area contributed by atoms with Gasteiger partial charge in [-0.15, -0.1) is 0 Å². The lowest BCUT2D eigenvalue weighted by Crippen LogP contribution is -2.25. The number of halogens is 1. The van der Waals surface area contributed by atoms with Gasteiger partial charge in [-0.05, 0) is 13.8 Å². The van der Waals surface area contributed by atoms with Gasteiger partial charge in [-0.25, -0.2) is 13.1 Å². The monoisotopic (exact) mass is 294 g/mol. The lowest BCUT2D eigenvalue weighted by molar-refractivity contribution is 0.390. The third-order valence-corrected chi connectivity index (χ3v) is 3.62. The van der Waals surface area contributed by atoms with Gasteiger partial charge in [-0.2, -0.15) is 0 Å². The first-order valence-electron chi connectivity index (χ1n) is 4.10. The molecule has 0 spiro atoms. The first kappa shape index (κ1) is 12.4. The van der Waals surface area contributed by atoms with E-state index in [1.165, 1.54) is 0 Å². The molecule has 15 heavy (non-hydrogen) atoms. The summed E-state index contributed by atoms with van der Waals surface area (Å²) in [6, 6.07) is 0. The molecule has 0 aliphatic rings. The van der Waals surface area contributed by atoms with Gasteiger partial charge in [-0.1, -0.05) is 27.7 Å². The topological polar surface area (TPSA) is 72.2 Å². The Balaban J connectivity index is 3.01. The lowest BCUT2D eigenvalue weighted by Gasteiger charge is -2.04. The van der Waals surface area contributed by atoms with Crippen LogP contribution in [-0.4, -0.2) is 20.1 Å². The van der Waals surface area contributed by atoms with Crippen LogP contribution in [0.5, 0.6) is 0 Å². The lowest BCUT2D eigenvalue weighted by atomic mass is 10.4. The number of sulfonamides is 1. The minimum absolute atomic E-state index is 0.0938. The molecule has 0 radical (unpaired) electrons. The normalized spacial score (nSPS) is 11.7. The standard InChI is InChI=1S/C8H11BrN2O3S/c1-5(9)4-10-15(12,13)8-6(2)11-14-7(8)3/h10H,1,4H2,2-3H3. The highest BCUT2D eigenvalue weighted by molar-refractivity contribution is 9.11. The van der Waals surface area contributed by atoms with Crippen molar-refractivity contribution in [2.24, 2.45) is 0 Å². The molecule has 0 aliphatic heterocycles. The maximum atomic E-state index is 11.8. The van der Waals surface area contributed by atoms with Crippen LogP contribution in [-0.2, 0) is 10.0 Å². The minimum Gasteiger partial charge on any atom is -0.360 e. The first-order chi connectivity index (χ1) is 6.84. The fourth-order valence-corrected chi connectivity index (χ4v) is 2.78. The fraction of sp³-hybridized carbons (Fsp3) is 0.375. The van der Waals surface area contributed by atoms with Crippen LogP contribution in [0.1, 0.15) is 11.5 Å². The summed E-state index contributed by atoms with van der Waals surface area (Å²) >= 11 is 3.07. The Morgan fingerprint density at radius 2 is 2.20 bits per heavy atom. The van der Waals surface area contributed by atoms with Gasteiger partial charge in [0.05, 0.1) is 0 Å². The molecule has 0 unspecified atom stereocenters. The van der Waals surface area contributed by atoms with Crippen LogP contribution in [0, 0.1) is 13.8 Å². The quantitative estimate of drug-likeness (QED) is 0.913. The molecule has 0 fully saturated rings. The van der Waals surface area contributed by atoms with E-state index in [4.69, 9.17) is 4.52 Å². The third-order valence-electron chi connectivity index (χ3n) is 1.69. The van der Waals surface area contributed by atoms with Crippen molar-refractivity contribution in [3.63, 3.8) is 0 Å². The van der Waals surface area contributed by atoms with Crippen molar-refractivity contribution in [1.82, 2.24) is 9.88 Å². The van der Waals surface area contributed by atoms with Gasteiger partial charge in [0.15, 0.2) is 5.76 Å². The summed E-state index contributed by atoms with van der Waals surface area (Å²) < 4.78 is 31.2. The van der Waals surface area contributed by atoms with E-state index in [1.54, 1.807) is 13.8 Å². The molecule has 1 N–H and O–H groups in total. The molecule has 1 rings (SSSR count). The molecule has 5 nitrogen and oxygen atoms in total. The van der Waals surface area contributed by atoms with Crippen molar-refractivity contribution < 1.29 is 12.9 Å². The predicted octanol–water partition coefficient (Wildman–Crippen LogP) is 1.48. The summed E-state index contributed by atoms with van der Waals surface area (Å²) in [5, 5.41) is 3.58. The highest BCUT2D eigenvalue weighted by Crippen LogP contribution is 2.18. The smallest absolute Gasteiger partial charge is 0.246 e. The Kier molecular flexibility index (Phi) is 3.69. The fourth-order valence-electron chi connectivity index (χ4n) is 1.10. The zero-order valence-electron chi connectivity index (χ0n) is 8.37. The maximum absolute atomic E-state index is 11.8. The molecule has 1 aromatic heterocycles. The number of aryl methyl sites for hydroxylation is 2. The van der Waals surface area contributed by atoms with Gasteiger partial charge in [-0.3, -0.25) is 0 Å². The number of aromatic nitrogens is 1. The molecule has 0 saturated carbocycles. The summed E-state index contributed by atoms with van der Waals surface area (Å²) in [5.41, 5.74) is 0.347. The second kappa shape index (κ2) is 4.46. The van der Waals surface area contributed by atoms with Crippen LogP contribution >= 0.6 is 15.9 Å². The van der Waals surface area contributed by atoms with E-state index >= 15 is 0 Å². The molecule has 0 amide bonds. The Morgan fingerprint density at radius 1 is 1.60 bits per heavy atom. The second-order valence-corrected chi connectivity index (χ2v) is 5.82. The van der Waals surface area contributed by atoms with Gasteiger partial charge < -0.3 is 4.52 Å². The van der Waals surface area contributed by atoms with Gasteiger partial charge in [0.25, 0.3) is 0 Å². The van der Waals surface area contributed by atoms with Crippen molar-refractivity contribution in [3.8, 4) is 0 Å². The van der Waals surface area contributed by atoms with E-state index < -0.39 is 10.0 Å². The zero-order chi connectivity index (χ0) is 11.6. The van der Waals surface area contributed by atoms with Gasteiger partial charge in [0.1, 0.15) is 10.6 Å². The summed E-state index contributed by atoms with van der Waals surface area (Å²) in [6.45, 7) is 6.80. The van der Waals surface area contributed by atoms with Crippen LogP contribution < -0.4 is 4.72 Å². The summed E-state index contributed by atoms with van der Waals surface area (Å²) in [4.78, 5) is 0.0938. The van der Waals surface area contributed by atoms with Crippen LogP contribution in [0.15, 0.2) is 20.5 Å². The van der Waals surface area contributed by atoms with Crippen LogP contribution in [0.2, 0.25) is 0 Å². The summed E-state index contributed by atoms with van der Waals surface area (Å²) in [5.74, 6) is 0.278. The average Bonchev–Trinajstić information content (AvgIpc) is 2.43. The number of nitrogens with one attached hydrogen (secondary N) is 1. The molecule has 84 valence electrons. The first-order valence-corrected chi connectivity index (χ1v) is 6.38. The molecule has 7 heteroatoms. The molecule has 1 heterocycles. The van der Waals surface area contributed by atoms with E-state index in [9.17, 15) is 8.42 Å². The highest BCUT2D eigenvalue weighted by Gasteiger charge is 2.23. The molecule has 0 bridgehead atoms. The number of hydrogen-bond acceptors (Lipinski definition) is 4. The maximum Gasteiger partial charge on any atom is 0.246 e. The molecule has 1 aromatic rings. The minimum atomic E-state index is -3.57. The average molecular weight is 295 g/mol. The van der Waals surface area contributed by atoms with Gasteiger partial charge in [0.2, 0.25) is 10.0 Å². The summed E-state index contributed by atoms with van der Waals surface area (Å²) in [7, 11) is -3.57. The predicted molar refractivity (Wildman–Crippen MR) is 59.2 cm³/mol. The number of rotatable bonds is 4. The van der Waals surface area contributed by atoms with Crippen molar-refractivity contribution in [2.75, 3.05) is 6.54 Å². The van der Waals surface area contributed by atoms with E-state index in [-0.39, 0.29) is 17.2 Å². The van der Waals surface area contributed by atoms with Crippen molar-refractivity contribution in [2.45, 2.75) is 18.7 Å². The van der Waals surface area contributed by atoms with E-state index in [1.807, 2.05) is 0 Å². The van der Waals surface area contributed by atoms with Crippen molar-refractivity contribution in [3.05, 3.63) is 22.5 Å². The molecule has 0 aliphatic carbocycles. The van der Waals surface area contributed by atoms with Crippen LogP contribution in [0.4, 0.5) is 0 Å². The number of hydrogen-bond donors (Lipinski definition) is 1. The molecule has 0 atom stereocenters. The van der Waals surface area contributed by atoms with Crippen LogP contribution in [0.3, 0.4) is 0 Å². The molecular formula is C8H11BrN2O3S. The van der Waals surface area contributed by atoms with E-state index in [0.29, 0.717) is 10.2 Å². The third kappa shape index (κ3) is 2.90. The molecule has 0 aromatic carbocycles. The Morgan fingerprint density at radius 3 is 2.60 bits per heavy atom. The Labute approximate surface area is 96.7 Å².